The Morgan fingerprint density at radius 2 is 1.74 bits per heavy atom. The average molecular weight is 274 g/mol. The Morgan fingerprint density at radius 1 is 1.05 bits per heavy atom. The van der Waals surface area contributed by atoms with E-state index < -0.39 is 0 Å². The first-order valence-corrected chi connectivity index (χ1v) is 6.96. The molecule has 0 N–H and O–H groups in total. The van der Waals surface area contributed by atoms with Gasteiger partial charge >= 0.3 is 5.97 Å². The minimum absolute atomic E-state index is 0.345. The standard InChI is InChI=1S/C15H14O3S/c1-19-18-15(16)13-7-9-14(10-8-13)17-11-12-5-3-2-4-6-12/h2-10H,11H2,1H3. The minimum Gasteiger partial charge on any atom is -0.489 e. The summed E-state index contributed by atoms with van der Waals surface area (Å²) in [5.41, 5.74) is 1.62. The molecule has 0 bridgehead atoms. The lowest BCUT2D eigenvalue weighted by Gasteiger charge is -2.06. The summed E-state index contributed by atoms with van der Waals surface area (Å²) < 4.78 is 10.5. The van der Waals surface area contributed by atoms with E-state index in [0.717, 1.165) is 23.4 Å². The SMILES string of the molecule is CSOC(=O)c1ccc(OCc2ccccc2)cc1. The fraction of sp³-hybridized carbons (Fsp3) is 0.133. The number of carbonyl (C=O) groups is 1. The highest BCUT2D eigenvalue weighted by Gasteiger charge is 2.06. The highest BCUT2D eigenvalue weighted by atomic mass is 32.2. The van der Waals surface area contributed by atoms with E-state index in [-0.39, 0.29) is 5.97 Å². The predicted molar refractivity (Wildman–Crippen MR) is 76.1 cm³/mol. The molecule has 0 amide bonds. The van der Waals surface area contributed by atoms with Gasteiger partial charge in [-0.2, -0.15) is 0 Å². The molecule has 98 valence electrons. The minimum atomic E-state index is -0.345. The summed E-state index contributed by atoms with van der Waals surface area (Å²) >= 11 is 1.04. The number of ether oxygens (including phenoxy) is 1. The van der Waals surface area contributed by atoms with Crippen molar-refractivity contribution in [3.05, 3.63) is 65.7 Å². The van der Waals surface area contributed by atoms with Crippen molar-refractivity contribution in [1.29, 1.82) is 0 Å². The molecule has 0 aliphatic carbocycles. The van der Waals surface area contributed by atoms with Gasteiger partial charge in [0.25, 0.3) is 0 Å². The molecule has 4 heteroatoms. The predicted octanol–water partition coefficient (Wildman–Crippen LogP) is 3.70. The van der Waals surface area contributed by atoms with Crippen LogP contribution in [0.2, 0.25) is 0 Å². The summed E-state index contributed by atoms with van der Waals surface area (Å²) in [7, 11) is 0. The van der Waals surface area contributed by atoms with Crippen LogP contribution in [0.25, 0.3) is 0 Å². The van der Waals surface area contributed by atoms with Crippen molar-refractivity contribution < 1.29 is 13.7 Å². The number of carbonyl (C=O) groups excluding carboxylic acids is 1. The van der Waals surface area contributed by atoms with E-state index in [1.807, 2.05) is 30.3 Å². The van der Waals surface area contributed by atoms with Crippen LogP contribution in [0.5, 0.6) is 5.75 Å². The maximum absolute atomic E-state index is 11.5. The molecule has 2 rings (SSSR count). The lowest BCUT2D eigenvalue weighted by molar-refractivity contribution is 0.0769. The van der Waals surface area contributed by atoms with Crippen molar-refractivity contribution in [1.82, 2.24) is 0 Å². The Hall–Kier alpha value is -1.94. The van der Waals surface area contributed by atoms with Gasteiger partial charge in [-0.3, -0.25) is 0 Å². The van der Waals surface area contributed by atoms with Crippen LogP contribution < -0.4 is 4.74 Å². The molecular formula is C15H14O3S. The molecule has 0 aliphatic heterocycles. The first-order valence-electron chi connectivity index (χ1n) is 5.81. The Kier molecular flexibility index (Phi) is 4.86. The van der Waals surface area contributed by atoms with Gasteiger partial charge < -0.3 is 8.92 Å². The molecule has 19 heavy (non-hydrogen) atoms. The molecule has 2 aromatic carbocycles. The van der Waals surface area contributed by atoms with Gasteiger partial charge in [0.15, 0.2) is 0 Å². The largest absolute Gasteiger partial charge is 0.489 e. The van der Waals surface area contributed by atoms with Crippen molar-refractivity contribution in [3.63, 3.8) is 0 Å². The quantitative estimate of drug-likeness (QED) is 0.779. The van der Waals surface area contributed by atoms with Gasteiger partial charge in [0.2, 0.25) is 0 Å². The van der Waals surface area contributed by atoms with E-state index in [9.17, 15) is 4.79 Å². The summed E-state index contributed by atoms with van der Waals surface area (Å²) in [6, 6.07) is 16.8. The third-order valence-electron chi connectivity index (χ3n) is 2.50. The second kappa shape index (κ2) is 6.85. The van der Waals surface area contributed by atoms with E-state index >= 15 is 0 Å². The van der Waals surface area contributed by atoms with Crippen LogP contribution in [-0.4, -0.2) is 12.2 Å². The summed E-state index contributed by atoms with van der Waals surface area (Å²) in [5, 5.41) is 0. The molecule has 0 fully saturated rings. The van der Waals surface area contributed by atoms with Crippen molar-refractivity contribution in [2.75, 3.05) is 6.26 Å². The van der Waals surface area contributed by atoms with Crippen LogP contribution in [0.4, 0.5) is 0 Å². The number of hydrogen-bond acceptors (Lipinski definition) is 4. The fourth-order valence-corrected chi connectivity index (χ4v) is 1.80. The van der Waals surface area contributed by atoms with Crippen molar-refractivity contribution >= 4 is 18.0 Å². The maximum Gasteiger partial charge on any atom is 0.350 e. The Labute approximate surface area is 116 Å². The molecule has 0 saturated heterocycles. The van der Waals surface area contributed by atoms with Crippen LogP contribution in [0.15, 0.2) is 54.6 Å². The molecule has 2 aromatic rings. The van der Waals surface area contributed by atoms with Crippen LogP contribution >= 0.6 is 12.0 Å². The van der Waals surface area contributed by atoms with Crippen LogP contribution in [0.1, 0.15) is 15.9 Å². The highest BCUT2D eigenvalue weighted by molar-refractivity contribution is 7.94. The summed E-state index contributed by atoms with van der Waals surface area (Å²) in [6.45, 7) is 0.509. The molecule has 3 nitrogen and oxygen atoms in total. The van der Waals surface area contributed by atoms with Crippen molar-refractivity contribution in [3.8, 4) is 5.75 Å². The second-order valence-electron chi connectivity index (χ2n) is 3.84. The lowest BCUT2D eigenvalue weighted by atomic mass is 10.2. The average Bonchev–Trinajstić information content (AvgIpc) is 2.47. The Balaban J connectivity index is 1.94. The monoisotopic (exact) mass is 274 g/mol. The van der Waals surface area contributed by atoms with Gasteiger partial charge in [0, 0.05) is 6.26 Å². The number of rotatable bonds is 5. The smallest absolute Gasteiger partial charge is 0.350 e. The van der Waals surface area contributed by atoms with E-state index in [1.165, 1.54) is 0 Å². The molecule has 0 atom stereocenters. The summed E-state index contributed by atoms with van der Waals surface area (Å²) in [5.74, 6) is 0.381. The van der Waals surface area contributed by atoms with E-state index in [1.54, 1.807) is 30.5 Å². The zero-order chi connectivity index (χ0) is 13.5. The van der Waals surface area contributed by atoms with Gasteiger partial charge in [-0.15, -0.1) is 0 Å². The van der Waals surface area contributed by atoms with E-state index in [2.05, 4.69) is 0 Å². The molecule has 0 unspecified atom stereocenters. The zero-order valence-corrected chi connectivity index (χ0v) is 11.4. The second-order valence-corrected chi connectivity index (χ2v) is 4.34. The first kappa shape index (κ1) is 13.5. The van der Waals surface area contributed by atoms with E-state index in [4.69, 9.17) is 8.92 Å². The lowest BCUT2D eigenvalue weighted by Crippen LogP contribution is -2.00. The first-order chi connectivity index (χ1) is 9.29. The third kappa shape index (κ3) is 4.03. The molecule has 0 aromatic heterocycles. The van der Waals surface area contributed by atoms with Gasteiger partial charge in [-0.1, -0.05) is 30.3 Å². The molecule has 0 heterocycles. The Morgan fingerprint density at radius 3 is 2.37 bits per heavy atom. The number of benzene rings is 2. The zero-order valence-electron chi connectivity index (χ0n) is 10.5. The summed E-state index contributed by atoms with van der Waals surface area (Å²) in [4.78, 5) is 11.5. The third-order valence-corrected chi connectivity index (χ3v) is 2.82. The fourth-order valence-electron chi connectivity index (χ4n) is 1.55. The Bertz CT molecular complexity index is 523. The maximum atomic E-state index is 11.5. The van der Waals surface area contributed by atoms with Crippen molar-refractivity contribution in [2.24, 2.45) is 0 Å². The summed E-state index contributed by atoms with van der Waals surface area (Å²) in [6.07, 6.45) is 1.70. The highest BCUT2D eigenvalue weighted by Crippen LogP contribution is 2.15. The number of hydrogen-bond donors (Lipinski definition) is 0. The molecular weight excluding hydrogens is 260 g/mol. The van der Waals surface area contributed by atoms with E-state index in [0.29, 0.717) is 12.2 Å². The molecule has 0 radical (unpaired) electrons. The molecule has 0 saturated carbocycles. The topological polar surface area (TPSA) is 35.5 Å². The van der Waals surface area contributed by atoms with Crippen LogP contribution in [-0.2, 0) is 10.8 Å². The van der Waals surface area contributed by atoms with Crippen LogP contribution in [0, 0.1) is 0 Å². The van der Waals surface area contributed by atoms with Gasteiger partial charge in [0.1, 0.15) is 12.4 Å². The normalized spacial score (nSPS) is 9.95. The molecule has 0 aliphatic rings. The van der Waals surface area contributed by atoms with Gasteiger partial charge in [-0.25, -0.2) is 4.79 Å². The van der Waals surface area contributed by atoms with Gasteiger partial charge in [-0.05, 0) is 29.8 Å². The van der Waals surface area contributed by atoms with Crippen LogP contribution in [0.3, 0.4) is 0 Å². The van der Waals surface area contributed by atoms with Crippen molar-refractivity contribution in [2.45, 2.75) is 6.61 Å². The van der Waals surface area contributed by atoms with Gasteiger partial charge in [0.05, 0.1) is 17.6 Å². The molecule has 0 spiro atoms.